The summed E-state index contributed by atoms with van der Waals surface area (Å²) in [5.41, 5.74) is 0.961. The lowest BCUT2D eigenvalue weighted by molar-refractivity contribution is -0.131. The van der Waals surface area contributed by atoms with Crippen molar-refractivity contribution in [3.05, 3.63) is 35.6 Å². The second kappa shape index (κ2) is 7.14. The zero-order valence-corrected chi connectivity index (χ0v) is 11.4. The van der Waals surface area contributed by atoms with E-state index < -0.39 is 0 Å². The summed E-state index contributed by atoms with van der Waals surface area (Å²) in [5.74, 6) is -0.0943. The lowest BCUT2D eigenvalue weighted by Crippen LogP contribution is -2.29. The smallest absolute Gasteiger partial charge is 0.222 e. The van der Waals surface area contributed by atoms with Gasteiger partial charge in [-0.3, -0.25) is 4.79 Å². The molecule has 0 aromatic heterocycles. The average molecular weight is 251 g/mol. The molecular weight excluding hydrogens is 229 g/mol. The van der Waals surface area contributed by atoms with Crippen LogP contribution < -0.4 is 0 Å². The lowest BCUT2D eigenvalue weighted by Gasteiger charge is -2.25. The standard InChI is InChI=1S/C15H22FNO/c1-4-5-6-7-15(18)17(3)12(2)13-8-10-14(16)11-9-13/h8-12H,4-7H2,1-3H3. The van der Waals surface area contributed by atoms with E-state index in [1.807, 2.05) is 14.0 Å². The second-order valence-electron chi connectivity index (χ2n) is 4.69. The van der Waals surface area contributed by atoms with Gasteiger partial charge in [0.25, 0.3) is 0 Å². The van der Waals surface area contributed by atoms with Crippen molar-refractivity contribution in [2.45, 2.75) is 45.6 Å². The largest absolute Gasteiger partial charge is 0.339 e. The number of benzene rings is 1. The van der Waals surface area contributed by atoms with Crippen molar-refractivity contribution in [2.24, 2.45) is 0 Å². The molecule has 0 N–H and O–H groups in total. The van der Waals surface area contributed by atoms with Crippen molar-refractivity contribution in [1.29, 1.82) is 0 Å². The predicted molar refractivity (Wildman–Crippen MR) is 71.7 cm³/mol. The highest BCUT2D eigenvalue weighted by molar-refractivity contribution is 5.76. The normalized spacial score (nSPS) is 12.2. The molecule has 1 unspecified atom stereocenters. The molecular formula is C15H22FNO. The Kier molecular flexibility index (Phi) is 5.83. The number of hydrogen-bond donors (Lipinski definition) is 0. The first-order valence-electron chi connectivity index (χ1n) is 6.57. The Bertz CT molecular complexity index is 375. The van der Waals surface area contributed by atoms with E-state index in [-0.39, 0.29) is 17.8 Å². The number of amides is 1. The molecule has 0 saturated carbocycles. The minimum Gasteiger partial charge on any atom is -0.339 e. The van der Waals surface area contributed by atoms with Crippen LogP contribution in [0.5, 0.6) is 0 Å². The lowest BCUT2D eigenvalue weighted by atomic mass is 10.1. The van der Waals surface area contributed by atoms with Crippen molar-refractivity contribution >= 4 is 5.91 Å². The van der Waals surface area contributed by atoms with Crippen LogP contribution in [0, 0.1) is 5.82 Å². The van der Waals surface area contributed by atoms with Crippen molar-refractivity contribution in [1.82, 2.24) is 4.90 Å². The fourth-order valence-corrected chi connectivity index (χ4v) is 1.88. The number of halogens is 1. The Morgan fingerprint density at radius 1 is 1.28 bits per heavy atom. The Hall–Kier alpha value is -1.38. The molecule has 100 valence electrons. The van der Waals surface area contributed by atoms with Crippen LogP contribution in [0.3, 0.4) is 0 Å². The van der Waals surface area contributed by atoms with Crippen LogP contribution in [-0.2, 0) is 4.79 Å². The predicted octanol–water partition coefficient (Wildman–Crippen LogP) is 3.93. The number of carbonyl (C=O) groups is 1. The average Bonchev–Trinajstić information content (AvgIpc) is 2.38. The van der Waals surface area contributed by atoms with Gasteiger partial charge in [-0.15, -0.1) is 0 Å². The van der Waals surface area contributed by atoms with E-state index in [9.17, 15) is 9.18 Å². The summed E-state index contributed by atoms with van der Waals surface area (Å²) in [4.78, 5) is 13.7. The minimum absolute atomic E-state index is 0.0141. The molecule has 0 saturated heterocycles. The third-order valence-corrected chi connectivity index (χ3v) is 3.32. The van der Waals surface area contributed by atoms with Crippen molar-refractivity contribution in [3.8, 4) is 0 Å². The van der Waals surface area contributed by atoms with Gasteiger partial charge < -0.3 is 4.90 Å². The van der Waals surface area contributed by atoms with Crippen molar-refractivity contribution in [3.63, 3.8) is 0 Å². The van der Waals surface area contributed by atoms with Crippen LogP contribution in [0.1, 0.15) is 51.1 Å². The Morgan fingerprint density at radius 2 is 1.89 bits per heavy atom. The molecule has 1 aromatic rings. The molecule has 0 heterocycles. The summed E-state index contributed by atoms with van der Waals surface area (Å²) in [7, 11) is 1.81. The maximum absolute atomic E-state index is 12.8. The number of nitrogens with zero attached hydrogens (tertiary/aromatic N) is 1. The molecule has 1 aromatic carbocycles. The highest BCUT2D eigenvalue weighted by Gasteiger charge is 2.16. The first kappa shape index (κ1) is 14.7. The van der Waals surface area contributed by atoms with Gasteiger partial charge in [0, 0.05) is 13.5 Å². The molecule has 3 heteroatoms. The molecule has 1 atom stereocenters. The van der Waals surface area contributed by atoms with E-state index in [1.165, 1.54) is 12.1 Å². The quantitative estimate of drug-likeness (QED) is 0.702. The molecule has 0 aliphatic carbocycles. The fourth-order valence-electron chi connectivity index (χ4n) is 1.88. The minimum atomic E-state index is -0.247. The maximum Gasteiger partial charge on any atom is 0.222 e. The van der Waals surface area contributed by atoms with Crippen molar-refractivity contribution in [2.75, 3.05) is 7.05 Å². The summed E-state index contributed by atoms with van der Waals surface area (Å²) in [6.07, 6.45) is 3.74. The number of hydrogen-bond acceptors (Lipinski definition) is 1. The van der Waals surface area contributed by atoms with E-state index in [2.05, 4.69) is 6.92 Å². The monoisotopic (exact) mass is 251 g/mol. The highest BCUT2D eigenvalue weighted by atomic mass is 19.1. The zero-order chi connectivity index (χ0) is 13.5. The number of rotatable bonds is 6. The van der Waals surface area contributed by atoms with E-state index in [4.69, 9.17) is 0 Å². The zero-order valence-electron chi connectivity index (χ0n) is 11.4. The molecule has 0 aliphatic heterocycles. The van der Waals surface area contributed by atoms with Gasteiger partial charge in [0.05, 0.1) is 6.04 Å². The number of unbranched alkanes of at least 4 members (excludes halogenated alkanes) is 2. The van der Waals surface area contributed by atoms with E-state index >= 15 is 0 Å². The Morgan fingerprint density at radius 3 is 2.44 bits per heavy atom. The van der Waals surface area contributed by atoms with Gasteiger partial charge in [-0.2, -0.15) is 0 Å². The van der Waals surface area contributed by atoms with Gasteiger partial charge in [-0.1, -0.05) is 31.9 Å². The second-order valence-corrected chi connectivity index (χ2v) is 4.69. The first-order valence-corrected chi connectivity index (χ1v) is 6.57. The van der Waals surface area contributed by atoms with Crippen LogP contribution in [0.25, 0.3) is 0 Å². The molecule has 1 amide bonds. The summed E-state index contributed by atoms with van der Waals surface area (Å²) in [6.45, 7) is 4.08. The molecule has 2 nitrogen and oxygen atoms in total. The van der Waals surface area contributed by atoms with Gasteiger partial charge in [-0.25, -0.2) is 4.39 Å². The van der Waals surface area contributed by atoms with Crippen LogP contribution in [0.2, 0.25) is 0 Å². The molecule has 0 radical (unpaired) electrons. The first-order chi connectivity index (χ1) is 8.56. The van der Waals surface area contributed by atoms with Crippen LogP contribution in [0.15, 0.2) is 24.3 Å². The van der Waals surface area contributed by atoms with Gasteiger partial charge in [-0.05, 0) is 31.0 Å². The summed E-state index contributed by atoms with van der Waals surface area (Å²) >= 11 is 0. The van der Waals surface area contributed by atoms with Crippen LogP contribution >= 0.6 is 0 Å². The fraction of sp³-hybridized carbons (Fsp3) is 0.533. The van der Waals surface area contributed by atoms with Gasteiger partial charge in [0.1, 0.15) is 5.82 Å². The van der Waals surface area contributed by atoms with Crippen molar-refractivity contribution < 1.29 is 9.18 Å². The van der Waals surface area contributed by atoms with E-state index in [0.717, 1.165) is 24.8 Å². The Labute approximate surface area is 109 Å². The van der Waals surface area contributed by atoms with E-state index in [1.54, 1.807) is 17.0 Å². The van der Waals surface area contributed by atoms with Crippen LogP contribution in [0.4, 0.5) is 4.39 Å². The third-order valence-electron chi connectivity index (χ3n) is 3.32. The molecule has 0 fully saturated rings. The summed E-state index contributed by atoms with van der Waals surface area (Å²) < 4.78 is 12.8. The summed E-state index contributed by atoms with van der Waals surface area (Å²) in [5, 5.41) is 0. The third kappa shape index (κ3) is 4.13. The number of carbonyl (C=O) groups excluding carboxylic acids is 1. The van der Waals surface area contributed by atoms with E-state index in [0.29, 0.717) is 6.42 Å². The Balaban J connectivity index is 2.57. The van der Waals surface area contributed by atoms with Gasteiger partial charge in [0.2, 0.25) is 5.91 Å². The maximum atomic E-state index is 12.8. The molecule has 0 aliphatic rings. The van der Waals surface area contributed by atoms with Gasteiger partial charge in [0.15, 0.2) is 0 Å². The molecule has 0 spiro atoms. The SMILES string of the molecule is CCCCCC(=O)N(C)C(C)c1ccc(F)cc1. The summed E-state index contributed by atoms with van der Waals surface area (Å²) in [6, 6.07) is 6.31. The highest BCUT2D eigenvalue weighted by Crippen LogP contribution is 2.20. The molecule has 1 rings (SSSR count). The van der Waals surface area contributed by atoms with Gasteiger partial charge >= 0.3 is 0 Å². The van der Waals surface area contributed by atoms with Crippen LogP contribution in [-0.4, -0.2) is 17.9 Å². The molecule has 0 bridgehead atoms. The topological polar surface area (TPSA) is 20.3 Å². The molecule has 18 heavy (non-hydrogen) atoms.